The summed E-state index contributed by atoms with van der Waals surface area (Å²) in [7, 11) is 1.45. The van der Waals surface area contributed by atoms with Crippen LogP contribution in [-0.4, -0.2) is 36.7 Å². The van der Waals surface area contributed by atoms with Crippen molar-refractivity contribution >= 4 is 23.5 Å². The molecule has 1 aliphatic carbocycles. The number of hydrogen-bond donors (Lipinski definition) is 2. The molecule has 1 amide bonds. The Morgan fingerprint density at radius 2 is 2.13 bits per heavy atom. The number of methoxy groups -OCH3 is 1. The number of carboxylic acids is 1. The fourth-order valence-electron chi connectivity index (χ4n) is 2.29. The van der Waals surface area contributed by atoms with Crippen LogP contribution in [0.15, 0.2) is 12.1 Å². The molecule has 0 heterocycles. The summed E-state index contributed by atoms with van der Waals surface area (Å²) in [6.45, 7) is 2.22. The van der Waals surface area contributed by atoms with Gasteiger partial charge in [-0.05, 0) is 31.4 Å². The zero-order valence-corrected chi connectivity index (χ0v) is 13.9. The lowest BCUT2D eigenvalue weighted by molar-refractivity contribution is -0.139. The van der Waals surface area contributed by atoms with Crippen LogP contribution in [0.2, 0.25) is 5.02 Å². The smallest absolute Gasteiger partial charge is 0.326 e. The summed E-state index contributed by atoms with van der Waals surface area (Å²) in [5, 5.41) is 12.0. The van der Waals surface area contributed by atoms with E-state index in [0.717, 1.165) is 12.8 Å². The second kappa shape index (κ2) is 7.55. The number of carbonyl (C=O) groups excluding carboxylic acids is 1. The summed E-state index contributed by atoms with van der Waals surface area (Å²) in [5.41, 5.74) is 0.234. The monoisotopic (exact) mass is 341 g/mol. The van der Waals surface area contributed by atoms with Gasteiger partial charge < -0.3 is 19.9 Å². The van der Waals surface area contributed by atoms with Gasteiger partial charge in [0.05, 0.1) is 18.7 Å². The van der Waals surface area contributed by atoms with E-state index in [4.69, 9.17) is 21.1 Å². The Hall–Kier alpha value is -1.95. The van der Waals surface area contributed by atoms with Crippen molar-refractivity contribution in [3.63, 3.8) is 0 Å². The number of nitrogens with one attached hydrogen (secondary N) is 1. The van der Waals surface area contributed by atoms with E-state index in [1.165, 1.54) is 19.2 Å². The first kappa shape index (κ1) is 17.4. The van der Waals surface area contributed by atoms with Crippen molar-refractivity contribution in [3.8, 4) is 11.5 Å². The lowest BCUT2D eigenvalue weighted by Crippen LogP contribution is -2.41. The highest BCUT2D eigenvalue weighted by atomic mass is 35.5. The minimum Gasteiger partial charge on any atom is -0.493 e. The third kappa shape index (κ3) is 4.51. The molecule has 0 saturated heterocycles. The van der Waals surface area contributed by atoms with E-state index in [1.54, 1.807) is 0 Å². The Labute approximate surface area is 139 Å². The number of halogens is 1. The number of rotatable bonds is 8. The molecule has 0 bridgehead atoms. The first-order valence-electron chi connectivity index (χ1n) is 7.50. The maximum Gasteiger partial charge on any atom is 0.326 e. The molecule has 1 saturated carbocycles. The Bertz CT molecular complexity index is 600. The summed E-state index contributed by atoms with van der Waals surface area (Å²) in [6.07, 6.45) is 2.48. The van der Waals surface area contributed by atoms with Crippen LogP contribution in [0.4, 0.5) is 0 Å². The summed E-state index contributed by atoms with van der Waals surface area (Å²) >= 11 is 6.13. The second-order valence-electron chi connectivity index (χ2n) is 5.47. The predicted octanol–water partition coefficient (Wildman–Crippen LogP) is 2.73. The number of ether oxygens (including phenoxy) is 2. The van der Waals surface area contributed by atoms with E-state index in [-0.39, 0.29) is 10.6 Å². The Balaban J connectivity index is 2.17. The van der Waals surface area contributed by atoms with E-state index < -0.39 is 17.9 Å². The fourth-order valence-corrected chi connectivity index (χ4v) is 2.55. The van der Waals surface area contributed by atoms with E-state index in [9.17, 15) is 14.7 Å². The number of amides is 1. The lowest BCUT2D eigenvalue weighted by Gasteiger charge is -2.16. The van der Waals surface area contributed by atoms with E-state index in [2.05, 4.69) is 5.32 Å². The van der Waals surface area contributed by atoms with Gasteiger partial charge in [0.2, 0.25) is 0 Å². The first-order chi connectivity index (χ1) is 11.0. The summed E-state index contributed by atoms with van der Waals surface area (Å²) < 4.78 is 10.6. The second-order valence-corrected chi connectivity index (χ2v) is 5.87. The van der Waals surface area contributed by atoms with Crippen LogP contribution in [0.5, 0.6) is 11.5 Å². The van der Waals surface area contributed by atoms with Crippen LogP contribution in [-0.2, 0) is 4.79 Å². The molecular formula is C16H20ClNO5. The average molecular weight is 342 g/mol. The third-order valence-electron chi connectivity index (χ3n) is 3.65. The standard InChI is InChI=1S/C16H20ClNO5/c1-3-23-14-11(17)7-10(8-13(14)22-2)15(19)18-12(16(20)21)6-9-4-5-9/h7-9,12H,3-6H2,1-2H3,(H,18,19)(H,20,21). The Morgan fingerprint density at radius 1 is 1.43 bits per heavy atom. The summed E-state index contributed by atoms with van der Waals surface area (Å²) in [4.78, 5) is 23.6. The molecule has 0 spiro atoms. The van der Waals surface area contributed by atoms with Gasteiger partial charge >= 0.3 is 5.97 Å². The number of carboxylic acid groups (broad SMARTS) is 1. The molecule has 1 aromatic rings. The number of hydrogen-bond acceptors (Lipinski definition) is 4. The average Bonchev–Trinajstić information content (AvgIpc) is 3.32. The molecule has 2 N–H and O–H groups in total. The predicted molar refractivity (Wildman–Crippen MR) is 85.4 cm³/mol. The van der Waals surface area contributed by atoms with Crippen LogP contribution in [0, 0.1) is 5.92 Å². The zero-order valence-electron chi connectivity index (χ0n) is 13.1. The number of carbonyl (C=O) groups is 2. The SMILES string of the molecule is CCOc1c(Cl)cc(C(=O)NC(CC2CC2)C(=O)O)cc1OC. The van der Waals surface area contributed by atoms with Gasteiger partial charge in [-0.25, -0.2) is 4.79 Å². The summed E-state index contributed by atoms with van der Waals surface area (Å²) in [6, 6.07) is 2.04. The maximum absolute atomic E-state index is 12.3. The quantitative estimate of drug-likeness (QED) is 0.759. The van der Waals surface area contributed by atoms with Gasteiger partial charge in [-0.2, -0.15) is 0 Å². The first-order valence-corrected chi connectivity index (χ1v) is 7.88. The van der Waals surface area contributed by atoms with E-state index >= 15 is 0 Å². The molecular weight excluding hydrogens is 322 g/mol. The lowest BCUT2D eigenvalue weighted by atomic mass is 10.1. The van der Waals surface area contributed by atoms with Gasteiger partial charge in [0.25, 0.3) is 5.91 Å². The van der Waals surface area contributed by atoms with Crippen LogP contribution >= 0.6 is 11.6 Å². The molecule has 1 unspecified atom stereocenters. The highest BCUT2D eigenvalue weighted by Gasteiger charge is 2.30. The minimum absolute atomic E-state index is 0.234. The van der Waals surface area contributed by atoms with Crippen LogP contribution < -0.4 is 14.8 Å². The van der Waals surface area contributed by atoms with Gasteiger partial charge in [-0.1, -0.05) is 24.4 Å². The molecule has 1 aliphatic rings. The van der Waals surface area contributed by atoms with Crippen molar-refractivity contribution in [1.82, 2.24) is 5.32 Å². The molecule has 126 valence electrons. The van der Waals surface area contributed by atoms with Crippen LogP contribution in [0.3, 0.4) is 0 Å². The highest BCUT2D eigenvalue weighted by Crippen LogP contribution is 2.37. The van der Waals surface area contributed by atoms with Gasteiger partial charge in [-0.15, -0.1) is 0 Å². The molecule has 0 radical (unpaired) electrons. The van der Waals surface area contributed by atoms with Crippen molar-refractivity contribution < 1.29 is 24.2 Å². The Kier molecular flexibility index (Phi) is 5.71. The molecule has 1 atom stereocenters. The van der Waals surface area contributed by atoms with Gasteiger partial charge in [0, 0.05) is 5.56 Å². The summed E-state index contributed by atoms with van der Waals surface area (Å²) in [5.74, 6) is -0.454. The van der Waals surface area contributed by atoms with Gasteiger partial charge in [0.1, 0.15) is 6.04 Å². The van der Waals surface area contributed by atoms with Gasteiger partial charge in [-0.3, -0.25) is 4.79 Å². The zero-order chi connectivity index (χ0) is 17.0. The van der Waals surface area contributed by atoms with Crippen LogP contribution in [0.1, 0.15) is 36.5 Å². The molecule has 1 aromatic carbocycles. The van der Waals surface area contributed by atoms with Crippen molar-refractivity contribution in [2.75, 3.05) is 13.7 Å². The molecule has 7 heteroatoms. The molecule has 2 rings (SSSR count). The van der Waals surface area contributed by atoms with E-state index in [0.29, 0.717) is 30.4 Å². The van der Waals surface area contributed by atoms with Crippen molar-refractivity contribution in [3.05, 3.63) is 22.7 Å². The van der Waals surface area contributed by atoms with Gasteiger partial charge in [0.15, 0.2) is 11.5 Å². The van der Waals surface area contributed by atoms with Crippen molar-refractivity contribution in [2.45, 2.75) is 32.2 Å². The normalized spacial score (nSPS) is 14.9. The van der Waals surface area contributed by atoms with E-state index in [1.807, 2.05) is 6.92 Å². The third-order valence-corrected chi connectivity index (χ3v) is 3.93. The largest absolute Gasteiger partial charge is 0.493 e. The van der Waals surface area contributed by atoms with Crippen molar-refractivity contribution in [2.24, 2.45) is 5.92 Å². The molecule has 1 fully saturated rings. The fraction of sp³-hybridized carbons (Fsp3) is 0.500. The topological polar surface area (TPSA) is 84.9 Å². The van der Waals surface area contributed by atoms with Crippen LogP contribution in [0.25, 0.3) is 0 Å². The Morgan fingerprint density at radius 3 is 2.65 bits per heavy atom. The number of aliphatic carboxylic acids is 1. The molecule has 6 nitrogen and oxygen atoms in total. The minimum atomic E-state index is -1.03. The number of benzene rings is 1. The van der Waals surface area contributed by atoms with Crippen molar-refractivity contribution in [1.29, 1.82) is 0 Å². The molecule has 23 heavy (non-hydrogen) atoms. The molecule has 0 aromatic heterocycles. The highest BCUT2D eigenvalue weighted by molar-refractivity contribution is 6.32. The maximum atomic E-state index is 12.3. The molecule has 0 aliphatic heterocycles.